The topological polar surface area (TPSA) is 35.8 Å². The van der Waals surface area contributed by atoms with Crippen LogP contribution in [0.2, 0.25) is 0 Å². The predicted molar refractivity (Wildman–Crippen MR) is 67.6 cm³/mol. The van der Waals surface area contributed by atoms with Crippen molar-refractivity contribution in [1.29, 1.82) is 0 Å². The van der Waals surface area contributed by atoms with Crippen molar-refractivity contribution in [2.45, 2.75) is 23.5 Å². The van der Waals surface area contributed by atoms with Gasteiger partial charge in [-0.05, 0) is 25.1 Å². The van der Waals surface area contributed by atoms with E-state index < -0.39 is 12.7 Å². The zero-order chi connectivity index (χ0) is 13.4. The predicted octanol–water partition coefficient (Wildman–Crippen LogP) is 2.97. The maximum Gasteiger partial charge on any atom is 0.401 e. The Morgan fingerprint density at radius 3 is 2.50 bits per heavy atom. The molecule has 0 spiro atoms. The average Bonchev–Trinajstić information content (AvgIpc) is 2.32. The molecular formula is C12H16F3N2S. The zero-order valence-corrected chi connectivity index (χ0v) is 10.7. The number of nitrogens with one attached hydrogen (secondary N) is 2. The lowest BCUT2D eigenvalue weighted by atomic mass is 10.2. The summed E-state index contributed by atoms with van der Waals surface area (Å²) in [5, 5.41) is 2.30. The lowest BCUT2D eigenvalue weighted by molar-refractivity contribution is -0.124. The Morgan fingerprint density at radius 2 is 1.89 bits per heavy atom. The van der Waals surface area contributed by atoms with Gasteiger partial charge in [-0.2, -0.15) is 13.2 Å². The van der Waals surface area contributed by atoms with E-state index >= 15 is 0 Å². The van der Waals surface area contributed by atoms with Crippen LogP contribution >= 0.6 is 11.8 Å². The van der Waals surface area contributed by atoms with Gasteiger partial charge in [0.2, 0.25) is 0 Å². The highest BCUT2D eigenvalue weighted by atomic mass is 32.2. The highest BCUT2D eigenvalue weighted by molar-refractivity contribution is 7.99. The fourth-order valence-electron chi connectivity index (χ4n) is 1.30. The van der Waals surface area contributed by atoms with Crippen LogP contribution in [0, 0.1) is 0 Å². The van der Waals surface area contributed by atoms with E-state index in [4.69, 9.17) is 5.73 Å². The molecule has 0 aromatic heterocycles. The van der Waals surface area contributed by atoms with Gasteiger partial charge in [-0.15, -0.1) is 11.8 Å². The van der Waals surface area contributed by atoms with E-state index in [0.29, 0.717) is 12.2 Å². The van der Waals surface area contributed by atoms with E-state index in [1.165, 1.54) is 0 Å². The maximum absolute atomic E-state index is 11.8. The van der Waals surface area contributed by atoms with E-state index in [1.807, 2.05) is 30.3 Å². The van der Waals surface area contributed by atoms with E-state index in [1.54, 1.807) is 11.8 Å². The largest absolute Gasteiger partial charge is 0.401 e. The molecule has 18 heavy (non-hydrogen) atoms. The third-order valence-electron chi connectivity index (χ3n) is 2.19. The molecule has 2 N–H and O–H groups in total. The van der Waals surface area contributed by atoms with Crippen molar-refractivity contribution < 1.29 is 13.2 Å². The minimum absolute atomic E-state index is 0.225. The van der Waals surface area contributed by atoms with Gasteiger partial charge in [-0.3, -0.25) is 5.73 Å². The first-order valence-corrected chi connectivity index (χ1v) is 6.62. The zero-order valence-electron chi connectivity index (χ0n) is 9.83. The first-order valence-electron chi connectivity index (χ1n) is 5.64. The Labute approximate surface area is 109 Å². The summed E-state index contributed by atoms with van der Waals surface area (Å²) in [5.74, 6) is 0.595. The normalized spacial score (nSPS) is 13.6. The second-order valence-electron chi connectivity index (χ2n) is 3.90. The number of benzene rings is 1. The van der Waals surface area contributed by atoms with Gasteiger partial charge in [0, 0.05) is 16.7 Å². The third kappa shape index (κ3) is 7.58. The monoisotopic (exact) mass is 277 g/mol. The summed E-state index contributed by atoms with van der Waals surface area (Å²) in [6.07, 6.45) is -3.74. The molecule has 0 saturated carbocycles. The maximum atomic E-state index is 11.8. The van der Waals surface area contributed by atoms with Gasteiger partial charge in [0.1, 0.15) is 0 Å². The standard InChI is InChI=1S/C12H16F3N2S/c13-12(14,15)9-17-7-6-10(16)8-18-11-4-2-1-3-5-11/h1-5,10,16-17H,6-9H2. The minimum atomic E-state index is -4.17. The number of thioether (sulfide) groups is 1. The van der Waals surface area contributed by atoms with E-state index in [9.17, 15) is 13.2 Å². The summed E-state index contributed by atoms with van der Waals surface area (Å²) in [6.45, 7) is -0.755. The molecule has 0 fully saturated rings. The highest BCUT2D eigenvalue weighted by Gasteiger charge is 2.25. The van der Waals surface area contributed by atoms with Crippen LogP contribution < -0.4 is 11.1 Å². The molecule has 1 aromatic rings. The molecule has 1 radical (unpaired) electrons. The minimum Gasteiger partial charge on any atom is -0.309 e. The summed E-state index contributed by atoms with van der Waals surface area (Å²) in [6, 6.07) is 9.33. The van der Waals surface area contributed by atoms with Gasteiger partial charge < -0.3 is 5.32 Å². The van der Waals surface area contributed by atoms with E-state index in [0.717, 1.165) is 4.90 Å². The van der Waals surface area contributed by atoms with Crippen LogP contribution in [0.1, 0.15) is 6.42 Å². The molecule has 0 bridgehead atoms. The summed E-state index contributed by atoms with van der Waals surface area (Å²) in [7, 11) is 0. The SMILES string of the molecule is [NH]C(CCNCC(F)(F)F)CSc1ccccc1. The van der Waals surface area contributed by atoms with Crippen LogP contribution in [-0.2, 0) is 0 Å². The molecule has 0 aliphatic carbocycles. The molecule has 1 rings (SSSR count). The number of alkyl halides is 3. The fourth-order valence-corrected chi connectivity index (χ4v) is 2.21. The first-order chi connectivity index (χ1) is 8.47. The lowest BCUT2D eigenvalue weighted by Gasteiger charge is -2.12. The van der Waals surface area contributed by atoms with Crippen LogP contribution in [0.25, 0.3) is 0 Å². The molecule has 0 amide bonds. The second kappa shape index (κ2) is 7.66. The fraction of sp³-hybridized carbons (Fsp3) is 0.500. The van der Waals surface area contributed by atoms with Crippen molar-refractivity contribution >= 4 is 11.8 Å². The molecular weight excluding hydrogens is 261 g/mol. The molecule has 2 nitrogen and oxygen atoms in total. The average molecular weight is 277 g/mol. The molecule has 1 unspecified atom stereocenters. The molecule has 101 valence electrons. The van der Waals surface area contributed by atoms with Crippen molar-refractivity contribution in [3.05, 3.63) is 30.3 Å². The van der Waals surface area contributed by atoms with E-state index in [2.05, 4.69) is 5.32 Å². The smallest absolute Gasteiger partial charge is 0.309 e. The van der Waals surface area contributed by atoms with Crippen LogP contribution in [0.5, 0.6) is 0 Å². The lowest BCUT2D eigenvalue weighted by Crippen LogP contribution is -2.31. The number of hydrogen-bond donors (Lipinski definition) is 1. The summed E-state index contributed by atoms with van der Waals surface area (Å²) < 4.78 is 35.5. The van der Waals surface area contributed by atoms with Gasteiger partial charge in [0.15, 0.2) is 0 Å². The van der Waals surface area contributed by atoms with Gasteiger partial charge in [-0.25, -0.2) is 0 Å². The van der Waals surface area contributed by atoms with Gasteiger partial charge in [0.05, 0.1) is 6.54 Å². The third-order valence-corrected chi connectivity index (χ3v) is 3.36. The molecule has 0 aliphatic heterocycles. The number of hydrogen-bond acceptors (Lipinski definition) is 2. The summed E-state index contributed by atoms with van der Waals surface area (Å²) >= 11 is 1.55. The van der Waals surface area contributed by atoms with Crippen molar-refractivity contribution in [3.63, 3.8) is 0 Å². The van der Waals surface area contributed by atoms with Gasteiger partial charge >= 0.3 is 6.18 Å². The quantitative estimate of drug-likeness (QED) is 0.614. The number of halogens is 3. The van der Waals surface area contributed by atoms with E-state index in [-0.39, 0.29) is 12.6 Å². The summed E-state index contributed by atoms with van der Waals surface area (Å²) in [5.41, 5.74) is 7.71. The molecule has 6 heteroatoms. The van der Waals surface area contributed by atoms with Crippen LogP contribution in [0.4, 0.5) is 13.2 Å². The van der Waals surface area contributed by atoms with Crippen molar-refractivity contribution in [2.24, 2.45) is 0 Å². The van der Waals surface area contributed by atoms with Crippen molar-refractivity contribution in [2.75, 3.05) is 18.8 Å². The Kier molecular flexibility index (Phi) is 6.52. The van der Waals surface area contributed by atoms with Crippen LogP contribution in [0.15, 0.2) is 35.2 Å². The van der Waals surface area contributed by atoms with Gasteiger partial charge in [-0.1, -0.05) is 18.2 Å². The Bertz CT molecular complexity index is 330. The molecule has 0 heterocycles. The molecule has 0 aliphatic rings. The van der Waals surface area contributed by atoms with Crippen LogP contribution in [0.3, 0.4) is 0 Å². The number of rotatable bonds is 7. The van der Waals surface area contributed by atoms with Gasteiger partial charge in [0.25, 0.3) is 0 Å². The highest BCUT2D eigenvalue weighted by Crippen LogP contribution is 2.18. The summed E-state index contributed by atoms with van der Waals surface area (Å²) in [4.78, 5) is 1.08. The Balaban J connectivity index is 2.09. The molecule has 1 atom stereocenters. The van der Waals surface area contributed by atoms with Crippen LogP contribution in [-0.4, -0.2) is 31.1 Å². The Morgan fingerprint density at radius 1 is 1.22 bits per heavy atom. The second-order valence-corrected chi connectivity index (χ2v) is 5.00. The molecule has 0 saturated heterocycles. The molecule has 1 aromatic carbocycles. The first kappa shape index (κ1) is 15.3. The Hall–Kier alpha value is -0.720. The van der Waals surface area contributed by atoms with Crippen molar-refractivity contribution in [1.82, 2.24) is 11.1 Å². The van der Waals surface area contributed by atoms with Crippen molar-refractivity contribution in [3.8, 4) is 0 Å².